The molecule has 0 spiro atoms. The highest BCUT2D eigenvalue weighted by atomic mass is 32.3. The van der Waals surface area contributed by atoms with Crippen molar-refractivity contribution in [2.24, 2.45) is 0 Å². The molecule has 0 bridgehead atoms. The summed E-state index contributed by atoms with van der Waals surface area (Å²) < 4.78 is 36.4. The zero-order valence-electron chi connectivity index (χ0n) is 25.0. The van der Waals surface area contributed by atoms with Crippen molar-refractivity contribution in [3.05, 3.63) is 110 Å². The van der Waals surface area contributed by atoms with E-state index in [9.17, 15) is 18.1 Å². The molecule has 7 nitrogen and oxygen atoms in total. The number of benzene rings is 2. The Morgan fingerprint density at radius 3 is 2.34 bits per heavy atom. The molecule has 0 aliphatic heterocycles. The summed E-state index contributed by atoms with van der Waals surface area (Å²) in [5.41, 5.74) is 8.95. The molecule has 0 aliphatic carbocycles. The van der Waals surface area contributed by atoms with E-state index in [0.29, 0.717) is 30.5 Å². The minimum atomic E-state index is -4.42. The lowest BCUT2D eigenvalue weighted by atomic mass is 9.94. The number of thiophene rings is 2. The molecular formula is C34H33N3O4S3. The van der Waals surface area contributed by atoms with Gasteiger partial charge in [-0.25, -0.2) is 0 Å². The second-order valence-corrected chi connectivity index (χ2v) is 15.3. The molecule has 44 heavy (non-hydrogen) atoms. The number of rotatable bonds is 9. The van der Waals surface area contributed by atoms with E-state index in [1.807, 2.05) is 36.7 Å². The van der Waals surface area contributed by atoms with Gasteiger partial charge in [-0.05, 0) is 80.6 Å². The van der Waals surface area contributed by atoms with Gasteiger partial charge < -0.3 is 5.11 Å². The van der Waals surface area contributed by atoms with Crippen LogP contribution in [0.15, 0.2) is 70.9 Å². The van der Waals surface area contributed by atoms with Crippen LogP contribution in [0, 0.1) is 27.7 Å². The van der Waals surface area contributed by atoms with Gasteiger partial charge in [-0.15, -0.1) is 22.7 Å². The molecule has 0 saturated heterocycles. The molecule has 2 aromatic carbocycles. The van der Waals surface area contributed by atoms with Gasteiger partial charge >= 0.3 is 10.1 Å². The standard InChI is InChI=1S/C34H33N3O4S3/c1-20-8-11-24(12-9-20)17-26-18-30-32(33(35-26)31-13-10-21(2)42-31)23(4)36-37(30)19-25-6-5-7-28(27(25)14-15-38)29-16-22(3)43-34(29)44(39,40)41/h5-13,16,18,38H,14-15,17,19H2,1-4H3,(H,39,40,41). The number of pyridine rings is 1. The molecule has 226 valence electrons. The number of aliphatic hydroxyl groups excluding tert-OH is 1. The van der Waals surface area contributed by atoms with Crippen molar-refractivity contribution < 1.29 is 18.1 Å². The number of fused-ring (bicyclic) bond motifs is 1. The molecule has 0 atom stereocenters. The number of aromatic nitrogens is 3. The van der Waals surface area contributed by atoms with Crippen LogP contribution in [0.3, 0.4) is 0 Å². The Morgan fingerprint density at radius 2 is 1.66 bits per heavy atom. The number of aryl methyl sites for hydroxylation is 4. The van der Waals surface area contributed by atoms with Gasteiger partial charge in [0.2, 0.25) is 0 Å². The third-order valence-corrected chi connectivity index (χ3v) is 11.2. The quantitative estimate of drug-likeness (QED) is 0.158. The Bertz CT molecular complexity index is 2110. The Kier molecular flexibility index (Phi) is 8.29. The van der Waals surface area contributed by atoms with Crippen molar-refractivity contribution in [1.82, 2.24) is 14.8 Å². The molecule has 0 saturated carbocycles. The number of nitrogens with zero attached hydrogens (tertiary/aromatic N) is 3. The third kappa shape index (κ3) is 6.00. The molecule has 6 aromatic rings. The summed E-state index contributed by atoms with van der Waals surface area (Å²) in [6, 6.07) is 22.3. The van der Waals surface area contributed by atoms with Crippen LogP contribution in [0.1, 0.15) is 43.4 Å². The zero-order chi connectivity index (χ0) is 31.2. The van der Waals surface area contributed by atoms with E-state index < -0.39 is 10.1 Å². The van der Waals surface area contributed by atoms with Crippen molar-refractivity contribution in [2.75, 3.05) is 6.61 Å². The smallest absolute Gasteiger partial charge is 0.304 e. The molecule has 4 heterocycles. The van der Waals surface area contributed by atoms with Crippen LogP contribution < -0.4 is 0 Å². The summed E-state index contributed by atoms with van der Waals surface area (Å²) in [5, 5.41) is 16.0. The third-order valence-electron chi connectivity index (χ3n) is 7.74. The maximum absolute atomic E-state index is 12.3. The number of hydrogen-bond donors (Lipinski definition) is 2. The maximum atomic E-state index is 12.3. The van der Waals surface area contributed by atoms with Gasteiger partial charge in [0.05, 0.1) is 33.7 Å². The van der Waals surface area contributed by atoms with Crippen molar-refractivity contribution in [3.63, 3.8) is 0 Å². The fourth-order valence-corrected chi connectivity index (χ4v) is 8.64. The molecular weight excluding hydrogens is 611 g/mol. The van der Waals surface area contributed by atoms with E-state index in [-0.39, 0.29) is 10.8 Å². The van der Waals surface area contributed by atoms with Crippen LogP contribution >= 0.6 is 22.7 Å². The lowest BCUT2D eigenvalue weighted by Gasteiger charge is -2.15. The predicted octanol–water partition coefficient (Wildman–Crippen LogP) is 7.54. The van der Waals surface area contributed by atoms with Crippen molar-refractivity contribution >= 4 is 43.7 Å². The first-order chi connectivity index (χ1) is 21.0. The largest absolute Gasteiger partial charge is 0.396 e. The van der Waals surface area contributed by atoms with Crippen LogP contribution in [-0.2, 0) is 29.5 Å². The second kappa shape index (κ2) is 12.0. The second-order valence-electron chi connectivity index (χ2n) is 11.1. The first-order valence-electron chi connectivity index (χ1n) is 14.3. The SMILES string of the molecule is Cc1ccc(Cc2cc3c(c(C)nn3Cc3cccc(-c4cc(C)sc4S(=O)(=O)O)c3CCO)c(-c3ccc(C)s3)n2)cc1. The predicted molar refractivity (Wildman–Crippen MR) is 178 cm³/mol. The molecule has 0 radical (unpaired) electrons. The lowest BCUT2D eigenvalue weighted by molar-refractivity contribution is 0.299. The average molecular weight is 644 g/mol. The zero-order valence-corrected chi connectivity index (χ0v) is 27.4. The summed E-state index contributed by atoms with van der Waals surface area (Å²) in [7, 11) is -4.42. The van der Waals surface area contributed by atoms with Crippen LogP contribution in [0.2, 0.25) is 0 Å². The van der Waals surface area contributed by atoms with Crippen LogP contribution in [0.25, 0.3) is 32.6 Å². The fourth-order valence-electron chi connectivity index (χ4n) is 5.77. The molecule has 0 fully saturated rings. The van der Waals surface area contributed by atoms with E-state index >= 15 is 0 Å². The first-order valence-corrected chi connectivity index (χ1v) is 17.4. The molecule has 6 rings (SSSR count). The van der Waals surface area contributed by atoms with Crippen molar-refractivity contribution in [2.45, 2.75) is 51.3 Å². The number of aliphatic hydroxyl groups is 1. The Balaban J connectivity index is 1.51. The summed E-state index contributed by atoms with van der Waals surface area (Å²) in [6.07, 6.45) is 1.00. The minimum absolute atomic E-state index is 0.0885. The van der Waals surface area contributed by atoms with E-state index in [1.165, 1.54) is 16.0 Å². The summed E-state index contributed by atoms with van der Waals surface area (Å²) in [6.45, 7) is 8.29. The van der Waals surface area contributed by atoms with Gasteiger partial charge in [0.1, 0.15) is 0 Å². The summed E-state index contributed by atoms with van der Waals surface area (Å²) in [5.74, 6) is 0. The average Bonchev–Trinajstić information content (AvgIpc) is 3.67. The van der Waals surface area contributed by atoms with Gasteiger partial charge in [-0.2, -0.15) is 13.5 Å². The molecule has 0 amide bonds. The first kappa shape index (κ1) is 30.4. The summed E-state index contributed by atoms with van der Waals surface area (Å²) >= 11 is 2.75. The Hall–Kier alpha value is -3.67. The minimum Gasteiger partial charge on any atom is -0.396 e. The highest BCUT2D eigenvalue weighted by Gasteiger charge is 2.24. The van der Waals surface area contributed by atoms with Gasteiger partial charge in [-0.1, -0.05) is 48.0 Å². The van der Waals surface area contributed by atoms with Crippen molar-refractivity contribution in [3.8, 4) is 21.7 Å². The van der Waals surface area contributed by atoms with Gasteiger partial charge in [-0.3, -0.25) is 14.2 Å². The summed E-state index contributed by atoms with van der Waals surface area (Å²) in [4.78, 5) is 8.24. The van der Waals surface area contributed by atoms with Gasteiger partial charge in [0.15, 0.2) is 4.21 Å². The van der Waals surface area contributed by atoms with Crippen LogP contribution in [0.5, 0.6) is 0 Å². The van der Waals surface area contributed by atoms with Gasteiger partial charge in [0.25, 0.3) is 0 Å². The van der Waals surface area contributed by atoms with Crippen LogP contribution in [-0.4, -0.2) is 39.4 Å². The van der Waals surface area contributed by atoms with Crippen LogP contribution in [0.4, 0.5) is 0 Å². The molecule has 10 heteroatoms. The normalized spacial score (nSPS) is 12.0. The number of hydrogen-bond acceptors (Lipinski definition) is 7. The maximum Gasteiger partial charge on any atom is 0.304 e. The lowest BCUT2D eigenvalue weighted by Crippen LogP contribution is -2.08. The molecule has 0 aliphatic rings. The van der Waals surface area contributed by atoms with E-state index in [2.05, 4.69) is 56.3 Å². The molecule has 4 aromatic heterocycles. The molecule has 2 N–H and O–H groups in total. The fraction of sp³-hybridized carbons (Fsp3) is 0.235. The van der Waals surface area contributed by atoms with Gasteiger partial charge in [0, 0.05) is 34.0 Å². The van der Waals surface area contributed by atoms with Crippen molar-refractivity contribution in [1.29, 1.82) is 0 Å². The van der Waals surface area contributed by atoms with E-state index in [1.54, 1.807) is 17.4 Å². The monoisotopic (exact) mass is 643 g/mol. The highest BCUT2D eigenvalue weighted by molar-refractivity contribution is 7.88. The highest BCUT2D eigenvalue weighted by Crippen LogP contribution is 2.39. The Labute approximate surface area is 265 Å². The Morgan fingerprint density at radius 1 is 0.886 bits per heavy atom. The van der Waals surface area contributed by atoms with E-state index in [4.69, 9.17) is 10.1 Å². The van der Waals surface area contributed by atoms with E-state index in [0.717, 1.165) is 60.2 Å². The topological polar surface area (TPSA) is 105 Å². The molecule has 0 unspecified atom stereocenters.